The Morgan fingerprint density at radius 1 is 1.53 bits per heavy atom. The van der Waals surface area contributed by atoms with Crippen LogP contribution in [0.3, 0.4) is 0 Å². The Bertz CT molecular complexity index is 430. The summed E-state index contributed by atoms with van der Waals surface area (Å²) in [7, 11) is 0. The minimum absolute atomic E-state index is 0.0811. The Labute approximate surface area is 99.3 Å². The first-order chi connectivity index (χ1) is 8.20. The van der Waals surface area contributed by atoms with E-state index in [1.807, 2.05) is 0 Å². The molecule has 0 spiro atoms. The molecule has 4 N–H and O–H groups in total. The molecular weight excluding hydrogens is 221 g/mol. The summed E-state index contributed by atoms with van der Waals surface area (Å²) in [5.41, 5.74) is 6.37. The van der Waals surface area contributed by atoms with E-state index in [0.29, 0.717) is 23.7 Å². The Hall–Kier alpha value is -1.62. The van der Waals surface area contributed by atoms with Crippen LogP contribution in [0.2, 0.25) is 0 Å². The van der Waals surface area contributed by atoms with Crippen molar-refractivity contribution in [2.24, 2.45) is 10.9 Å². The first kappa shape index (κ1) is 11.9. The Balaban J connectivity index is 2.03. The molecule has 0 aromatic heterocycles. The largest absolute Gasteiger partial charge is 0.409 e. The molecule has 0 aliphatic heterocycles. The minimum Gasteiger partial charge on any atom is -0.409 e. The van der Waals surface area contributed by atoms with Crippen molar-refractivity contribution >= 4 is 5.84 Å². The first-order valence-corrected chi connectivity index (χ1v) is 5.70. The molecule has 0 bridgehead atoms. The number of halogens is 1. The molecule has 4 nitrogen and oxygen atoms in total. The van der Waals surface area contributed by atoms with Crippen molar-refractivity contribution in [3.05, 3.63) is 35.1 Å². The Morgan fingerprint density at radius 2 is 2.29 bits per heavy atom. The summed E-state index contributed by atoms with van der Waals surface area (Å²) in [6.07, 6.45) is 3.59. The fourth-order valence-corrected chi connectivity index (χ4v) is 1.77. The third kappa shape index (κ3) is 2.74. The summed E-state index contributed by atoms with van der Waals surface area (Å²) in [5.74, 6) is -0.414. The molecular formula is C12H16FN3O. The lowest BCUT2D eigenvalue weighted by Gasteiger charge is -2.26. The van der Waals surface area contributed by atoms with Gasteiger partial charge in [-0.25, -0.2) is 4.39 Å². The Morgan fingerprint density at radius 3 is 2.82 bits per heavy atom. The average Bonchev–Trinajstić information content (AvgIpc) is 2.28. The lowest BCUT2D eigenvalue weighted by Crippen LogP contribution is -2.34. The third-order valence-corrected chi connectivity index (χ3v) is 3.14. The second-order valence-electron chi connectivity index (χ2n) is 4.30. The van der Waals surface area contributed by atoms with Crippen LogP contribution in [0.1, 0.15) is 30.4 Å². The van der Waals surface area contributed by atoms with Crippen LogP contribution in [-0.4, -0.2) is 17.1 Å². The zero-order valence-corrected chi connectivity index (χ0v) is 9.49. The number of hydrogen-bond donors (Lipinski definition) is 3. The molecule has 1 aromatic rings. The normalized spacial score (nSPS) is 16.9. The molecule has 1 saturated carbocycles. The number of nitrogens with one attached hydrogen (secondary N) is 1. The van der Waals surface area contributed by atoms with Crippen LogP contribution in [0.5, 0.6) is 0 Å². The standard InChI is InChI=1S/C12H16FN3O/c13-11-6-8(12(14)16-17)4-5-9(11)7-15-10-2-1-3-10/h4-6,10,15,17H,1-3,7H2,(H2,14,16). The van der Waals surface area contributed by atoms with E-state index in [-0.39, 0.29) is 11.7 Å². The van der Waals surface area contributed by atoms with E-state index in [1.165, 1.54) is 25.3 Å². The molecule has 2 rings (SSSR count). The number of nitrogens with two attached hydrogens (primary N) is 1. The van der Waals surface area contributed by atoms with Gasteiger partial charge in [-0.3, -0.25) is 0 Å². The summed E-state index contributed by atoms with van der Waals surface area (Å²) in [5, 5.41) is 14.6. The molecule has 0 amide bonds. The van der Waals surface area contributed by atoms with E-state index in [0.717, 1.165) is 0 Å². The van der Waals surface area contributed by atoms with Gasteiger partial charge in [-0.2, -0.15) is 0 Å². The molecule has 0 saturated heterocycles. The number of oxime groups is 1. The second-order valence-corrected chi connectivity index (χ2v) is 4.30. The van der Waals surface area contributed by atoms with Crippen LogP contribution >= 0.6 is 0 Å². The zero-order valence-electron chi connectivity index (χ0n) is 9.49. The topological polar surface area (TPSA) is 70.6 Å². The van der Waals surface area contributed by atoms with Crippen LogP contribution in [0, 0.1) is 5.82 Å². The predicted molar refractivity (Wildman–Crippen MR) is 63.4 cm³/mol. The molecule has 5 heteroatoms. The van der Waals surface area contributed by atoms with Crippen LogP contribution in [0.4, 0.5) is 4.39 Å². The van der Waals surface area contributed by atoms with Gasteiger partial charge in [0.25, 0.3) is 0 Å². The van der Waals surface area contributed by atoms with Crippen molar-refractivity contribution in [1.82, 2.24) is 5.32 Å². The SMILES string of the molecule is NC(=NO)c1ccc(CNC2CCC2)c(F)c1. The van der Waals surface area contributed by atoms with Crippen LogP contribution in [-0.2, 0) is 6.54 Å². The van der Waals surface area contributed by atoms with Gasteiger partial charge in [0.1, 0.15) is 5.82 Å². The molecule has 92 valence electrons. The summed E-state index contributed by atoms with van der Waals surface area (Å²) < 4.78 is 13.7. The third-order valence-electron chi connectivity index (χ3n) is 3.14. The highest BCUT2D eigenvalue weighted by molar-refractivity contribution is 5.97. The molecule has 1 aromatic carbocycles. The van der Waals surface area contributed by atoms with Crippen molar-refractivity contribution in [3.63, 3.8) is 0 Å². The van der Waals surface area contributed by atoms with Crippen molar-refractivity contribution in [1.29, 1.82) is 0 Å². The maximum Gasteiger partial charge on any atom is 0.170 e. The summed E-state index contributed by atoms with van der Waals surface area (Å²) in [6.45, 7) is 0.521. The fourth-order valence-electron chi connectivity index (χ4n) is 1.77. The lowest BCUT2D eigenvalue weighted by atomic mass is 9.93. The van der Waals surface area contributed by atoms with Gasteiger partial charge in [0.15, 0.2) is 5.84 Å². The van der Waals surface area contributed by atoms with E-state index in [1.54, 1.807) is 12.1 Å². The quantitative estimate of drug-likeness (QED) is 0.322. The molecule has 1 aliphatic carbocycles. The number of amidine groups is 1. The van der Waals surface area contributed by atoms with E-state index in [4.69, 9.17) is 10.9 Å². The zero-order chi connectivity index (χ0) is 12.3. The van der Waals surface area contributed by atoms with E-state index < -0.39 is 0 Å². The van der Waals surface area contributed by atoms with Gasteiger partial charge < -0.3 is 16.3 Å². The molecule has 0 heterocycles. The number of rotatable bonds is 4. The van der Waals surface area contributed by atoms with Crippen molar-refractivity contribution < 1.29 is 9.60 Å². The molecule has 0 radical (unpaired) electrons. The van der Waals surface area contributed by atoms with Crippen molar-refractivity contribution in [2.75, 3.05) is 0 Å². The highest BCUT2D eigenvalue weighted by Gasteiger charge is 2.17. The highest BCUT2D eigenvalue weighted by Crippen LogP contribution is 2.19. The van der Waals surface area contributed by atoms with Gasteiger partial charge >= 0.3 is 0 Å². The smallest absolute Gasteiger partial charge is 0.170 e. The van der Waals surface area contributed by atoms with Gasteiger partial charge in [-0.05, 0) is 18.9 Å². The Kier molecular flexibility index (Phi) is 3.58. The van der Waals surface area contributed by atoms with Gasteiger partial charge in [0.2, 0.25) is 0 Å². The van der Waals surface area contributed by atoms with E-state index in [9.17, 15) is 4.39 Å². The maximum atomic E-state index is 13.7. The first-order valence-electron chi connectivity index (χ1n) is 5.70. The molecule has 0 unspecified atom stereocenters. The molecule has 0 atom stereocenters. The number of benzene rings is 1. The van der Waals surface area contributed by atoms with Gasteiger partial charge in [0, 0.05) is 23.7 Å². The molecule has 17 heavy (non-hydrogen) atoms. The highest BCUT2D eigenvalue weighted by atomic mass is 19.1. The van der Waals surface area contributed by atoms with Crippen LogP contribution < -0.4 is 11.1 Å². The predicted octanol–water partition coefficient (Wildman–Crippen LogP) is 1.56. The van der Waals surface area contributed by atoms with Crippen molar-refractivity contribution in [3.8, 4) is 0 Å². The summed E-state index contributed by atoms with van der Waals surface area (Å²) >= 11 is 0. The lowest BCUT2D eigenvalue weighted by molar-refractivity contribution is 0.318. The minimum atomic E-state index is -0.332. The van der Waals surface area contributed by atoms with Gasteiger partial charge in [0.05, 0.1) is 0 Å². The van der Waals surface area contributed by atoms with E-state index >= 15 is 0 Å². The van der Waals surface area contributed by atoms with Crippen LogP contribution in [0.15, 0.2) is 23.4 Å². The maximum absolute atomic E-state index is 13.7. The van der Waals surface area contributed by atoms with Crippen LogP contribution in [0.25, 0.3) is 0 Å². The monoisotopic (exact) mass is 237 g/mol. The second kappa shape index (κ2) is 5.14. The van der Waals surface area contributed by atoms with Gasteiger partial charge in [-0.1, -0.05) is 23.7 Å². The summed E-state index contributed by atoms with van der Waals surface area (Å²) in [4.78, 5) is 0. The van der Waals surface area contributed by atoms with E-state index in [2.05, 4.69) is 10.5 Å². The van der Waals surface area contributed by atoms with Gasteiger partial charge in [-0.15, -0.1) is 0 Å². The molecule has 1 aliphatic rings. The average molecular weight is 237 g/mol. The summed E-state index contributed by atoms with van der Waals surface area (Å²) in [6, 6.07) is 5.12. The number of nitrogens with zero attached hydrogens (tertiary/aromatic N) is 1. The van der Waals surface area contributed by atoms with Crippen molar-refractivity contribution in [2.45, 2.75) is 31.8 Å². The molecule has 1 fully saturated rings. The fraction of sp³-hybridized carbons (Fsp3) is 0.417. The number of hydrogen-bond acceptors (Lipinski definition) is 3.